The van der Waals surface area contributed by atoms with Gasteiger partial charge in [-0.2, -0.15) is 5.10 Å². The number of benzene rings is 1. The Morgan fingerprint density at radius 1 is 1.29 bits per heavy atom. The van der Waals surface area contributed by atoms with Crippen LogP contribution in [0.2, 0.25) is 0 Å². The summed E-state index contributed by atoms with van der Waals surface area (Å²) in [6.45, 7) is 0.349. The first-order chi connectivity index (χ1) is 8.26. The molecule has 3 rings (SSSR count). The summed E-state index contributed by atoms with van der Waals surface area (Å²) in [5.74, 6) is -0.248. The van der Waals surface area contributed by atoms with E-state index < -0.39 is 0 Å². The monoisotopic (exact) mass is 231 g/mol. The molecule has 0 atom stereocenters. The fraction of sp³-hybridized carbons (Fsp3) is 0.308. The quantitative estimate of drug-likeness (QED) is 0.882. The van der Waals surface area contributed by atoms with Crippen LogP contribution in [0.4, 0.5) is 4.39 Å². The molecule has 1 heterocycles. The fourth-order valence-corrected chi connectivity index (χ4v) is 1.96. The van der Waals surface area contributed by atoms with Gasteiger partial charge in [-0.25, -0.2) is 4.39 Å². The predicted molar refractivity (Wildman–Crippen MR) is 63.8 cm³/mol. The second-order valence-electron chi connectivity index (χ2n) is 4.49. The van der Waals surface area contributed by atoms with Crippen LogP contribution in [0.25, 0.3) is 11.1 Å². The van der Waals surface area contributed by atoms with E-state index in [1.165, 1.54) is 25.0 Å². The topological polar surface area (TPSA) is 43.8 Å². The van der Waals surface area contributed by atoms with Gasteiger partial charge in [0.05, 0.1) is 12.2 Å². The Morgan fingerprint density at radius 3 is 2.82 bits per heavy atom. The maximum Gasteiger partial charge on any atom is 0.124 e. The van der Waals surface area contributed by atoms with Crippen LogP contribution < -0.4 is 5.73 Å². The summed E-state index contributed by atoms with van der Waals surface area (Å²) in [7, 11) is 0. The summed E-state index contributed by atoms with van der Waals surface area (Å²) >= 11 is 0. The van der Waals surface area contributed by atoms with Crippen molar-refractivity contribution in [3.8, 4) is 11.1 Å². The van der Waals surface area contributed by atoms with E-state index >= 15 is 0 Å². The molecule has 3 nitrogen and oxygen atoms in total. The lowest BCUT2D eigenvalue weighted by Crippen LogP contribution is -1.97. The molecule has 2 aromatic rings. The summed E-state index contributed by atoms with van der Waals surface area (Å²) in [6.07, 6.45) is 6.15. The molecular weight excluding hydrogens is 217 g/mol. The number of rotatable bonds is 3. The Bertz CT molecular complexity index is 543. The molecule has 17 heavy (non-hydrogen) atoms. The molecule has 1 aliphatic carbocycles. The summed E-state index contributed by atoms with van der Waals surface area (Å²) in [5.41, 5.74) is 8.14. The standard InChI is InChI=1S/C13H14FN3/c14-12-4-9(6-15)3-10(5-12)11-7-16-17(8-11)13-1-2-13/h3-5,7-8,13H,1-2,6,15H2. The highest BCUT2D eigenvalue weighted by Gasteiger charge is 2.24. The van der Waals surface area contributed by atoms with Crippen LogP contribution in [-0.4, -0.2) is 9.78 Å². The van der Waals surface area contributed by atoms with Gasteiger partial charge in [0.2, 0.25) is 0 Å². The molecule has 1 aromatic carbocycles. The van der Waals surface area contributed by atoms with Gasteiger partial charge in [-0.3, -0.25) is 4.68 Å². The summed E-state index contributed by atoms with van der Waals surface area (Å²) in [4.78, 5) is 0. The molecule has 4 heteroatoms. The lowest BCUT2D eigenvalue weighted by molar-refractivity contribution is 0.626. The van der Waals surface area contributed by atoms with E-state index in [-0.39, 0.29) is 5.82 Å². The highest BCUT2D eigenvalue weighted by atomic mass is 19.1. The largest absolute Gasteiger partial charge is 0.326 e. The van der Waals surface area contributed by atoms with Crippen LogP contribution >= 0.6 is 0 Å². The van der Waals surface area contributed by atoms with Gasteiger partial charge in [-0.1, -0.05) is 0 Å². The molecule has 1 fully saturated rings. The molecule has 2 N–H and O–H groups in total. The van der Waals surface area contributed by atoms with Gasteiger partial charge in [0, 0.05) is 18.3 Å². The fourth-order valence-electron chi connectivity index (χ4n) is 1.96. The molecule has 0 radical (unpaired) electrons. The van der Waals surface area contributed by atoms with Crippen molar-refractivity contribution in [2.45, 2.75) is 25.4 Å². The van der Waals surface area contributed by atoms with Crippen LogP contribution in [0.1, 0.15) is 24.4 Å². The van der Waals surface area contributed by atoms with Crippen LogP contribution in [0.5, 0.6) is 0 Å². The van der Waals surface area contributed by atoms with Crippen LogP contribution in [0, 0.1) is 5.82 Å². The molecule has 0 unspecified atom stereocenters. The van der Waals surface area contributed by atoms with Crippen molar-refractivity contribution in [2.24, 2.45) is 5.73 Å². The summed E-state index contributed by atoms with van der Waals surface area (Å²) in [6, 6.07) is 5.45. The van der Waals surface area contributed by atoms with Crippen molar-refractivity contribution in [2.75, 3.05) is 0 Å². The Hall–Kier alpha value is -1.68. The minimum absolute atomic E-state index is 0.248. The average Bonchev–Trinajstić information content (AvgIpc) is 3.06. The van der Waals surface area contributed by atoms with Crippen molar-refractivity contribution in [3.63, 3.8) is 0 Å². The van der Waals surface area contributed by atoms with Gasteiger partial charge in [0.15, 0.2) is 0 Å². The van der Waals surface area contributed by atoms with Crippen molar-refractivity contribution in [3.05, 3.63) is 42.0 Å². The summed E-state index contributed by atoms with van der Waals surface area (Å²) < 4.78 is 15.4. The third-order valence-electron chi connectivity index (χ3n) is 3.05. The van der Waals surface area contributed by atoms with Gasteiger partial charge in [0.25, 0.3) is 0 Å². The number of hydrogen-bond donors (Lipinski definition) is 1. The Morgan fingerprint density at radius 2 is 2.12 bits per heavy atom. The number of nitrogens with zero attached hydrogens (tertiary/aromatic N) is 2. The minimum Gasteiger partial charge on any atom is -0.326 e. The average molecular weight is 231 g/mol. The molecule has 88 valence electrons. The van der Waals surface area contributed by atoms with Crippen molar-refractivity contribution >= 4 is 0 Å². The third kappa shape index (κ3) is 2.08. The smallest absolute Gasteiger partial charge is 0.124 e. The van der Waals surface area contributed by atoms with E-state index in [4.69, 9.17) is 5.73 Å². The molecular formula is C13H14FN3. The molecule has 0 spiro atoms. The predicted octanol–water partition coefficient (Wildman–Crippen LogP) is 2.48. The van der Waals surface area contributed by atoms with E-state index in [1.807, 2.05) is 16.9 Å². The van der Waals surface area contributed by atoms with Crippen LogP contribution in [-0.2, 0) is 6.54 Å². The molecule has 0 saturated heterocycles. The zero-order valence-corrected chi connectivity index (χ0v) is 9.44. The molecule has 1 saturated carbocycles. The molecule has 0 bridgehead atoms. The van der Waals surface area contributed by atoms with Gasteiger partial charge < -0.3 is 5.73 Å². The Kier molecular flexibility index (Phi) is 2.44. The number of nitrogens with two attached hydrogens (primary N) is 1. The molecule has 1 aliphatic rings. The van der Waals surface area contributed by atoms with E-state index in [0.717, 1.165) is 16.7 Å². The minimum atomic E-state index is -0.248. The zero-order chi connectivity index (χ0) is 11.8. The second kappa shape index (κ2) is 3.96. The number of halogens is 1. The molecule has 0 amide bonds. The van der Waals surface area contributed by atoms with Gasteiger partial charge >= 0.3 is 0 Å². The van der Waals surface area contributed by atoms with Crippen LogP contribution in [0.3, 0.4) is 0 Å². The lowest BCUT2D eigenvalue weighted by Gasteiger charge is -2.02. The first-order valence-electron chi connectivity index (χ1n) is 5.80. The van der Waals surface area contributed by atoms with E-state index in [9.17, 15) is 4.39 Å². The SMILES string of the molecule is NCc1cc(F)cc(-c2cnn(C3CC3)c2)c1. The van der Waals surface area contributed by atoms with Gasteiger partial charge in [-0.15, -0.1) is 0 Å². The van der Waals surface area contributed by atoms with Gasteiger partial charge in [-0.05, 0) is 42.2 Å². The lowest BCUT2D eigenvalue weighted by atomic mass is 10.1. The Labute approximate surface area is 99.1 Å². The maximum absolute atomic E-state index is 13.4. The first kappa shape index (κ1) is 10.5. The van der Waals surface area contributed by atoms with E-state index in [2.05, 4.69) is 5.10 Å². The van der Waals surface area contributed by atoms with Crippen molar-refractivity contribution < 1.29 is 4.39 Å². The van der Waals surface area contributed by atoms with Crippen molar-refractivity contribution in [1.82, 2.24) is 9.78 Å². The third-order valence-corrected chi connectivity index (χ3v) is 3.05. The number of aromatic nitrogens is 2. The van der Waals surface area contributed by atoms with E-state index in [0.29, 0.717) is 12.6 Å². The maximum atomic E-state index is 13.4. The first-order valence-corrected chi connectivity index (χ1v) is 5.80. The van der Waals surface area contributed by atoms with E-state index in [1.54, 1.807) is 6.20 Å². The normalized spacial score (nSPS) is 15.2. The summed E-state index contributed by atoms with van der Waals surface area (Å²) in [5, 5.41) is 4.30. The highest BCUT2D eigenvalue weighted by molar-refractivity contribution is 5.62. The number of hydrogen-bond acceptors (Lipinski definition) is 2. The zero-order valence-electron chi connectivity index (χ0n) is 9.44. The molecule has 0 aliphatic heterocycles. The second-order valence-corrected chi connectivity index (χ2v) is 4.49. The van der Waals surface area contributed by atoms with Gasteiger partial charge in [0.1, 0.15) is 5.82 Å². The van der Waals surface area contributed by atoms with Crippen molar-refractivity contribution in [1.29, 1.82) is 0 Å². The Balaban J connectivity index is 1.98. The van der Waals surface area contributed by atoms with Crippen LogP contribution in [0.15, 0.2) is 30.6 Å². The molecule has 1 aromatic heterocycles. The highest BCUT2D eigenvalue weighted by Crippen LogP contribution is 2.35.